The largest absolute Gasteiger partial charge is 0.271 e. The van der Waals surface area contributed by atoms with Gasteiger partial charge in [0, 0.05) is 9.58 Å². The zero-order chi connectivity index (χ0) is 14.8. The van der Waals surface area contributed by atoms with Crippen molar-refractivity contribution in [3.8, 4) is 0 Å². The minimum absolute atomic E-state index is 0.0728. The van der Waals surface area contributed by atoms with Crippen LogP contribution in [0, 0.1) is 5.82 Å². The Morgan fingerprint density at radius 3 is 2.57 bits per heavy atom. The fourth-order valence-corrected chi connectivity index (χ4v) is 3.60. The maximum atomic E-state index is 13.3. The SMILES string of the molecule is CCc1ccc(C(NN)c2cc3cc(F)ccc3s2)cc1. The predicted octanol–water partition coefficient (Wildman–Crippen LogP) is 4.16. The highest BCUT2D eigenvalue weighted by Crippen LogP contribution is 2.33. The molecule has 4 heteroatoms. The van der Waals surface area contributed by atoms with Crippen LogP contribution in [0.25, 0.3) is 10.1 Å². The second-order valence-corrected chi connectivity index (χ2v) is 6.14. The van der Waals surface area contributed by atoms with Crippen molar-refractivity contribution in [1.82, 2.24) is 5.43 Å². The molecule has 21 heavy (non-hydrogen) atoms. The van der Waals surface area contributed by atoms with Gasteiger partial charge < -0.3 is 0 Å². The van der Waals surface area contributed by atoms with Crippen molar-refractivity contribution in [1.29, 1.82) is 0 Å². The van der Waals surface area contributed by atoms with Gasteiger partial charge in [0.2, 0.25) is 0 Å². The maximum Gasteiger partial charge on any atom is 0.123 e. The first-order valence-electron chi connectivity index (χ1n) is 6.95. The fourth-order valence-electron chi connectivity index (χ4n) is 2.47. The van der Waals surface area contributed by atoms with Gasteiger partial charge in [-0.1, -0.05) is 31.2 Å². The summed E-state index contributed by atoms with van der Waals surface area (Å²) >= 11 is 1.63. The van der Waals surface area contributed by atoms with Crippen LogP contribution in [-0.4, -0.2) is 0 Å². The molecule has 0 radical (unpaired) electrons. The van der Waals surface area contributed by atoms with Crippen LogP contribution >= 0.6 is 11.3 Å². The van der Waals surface area contributed by atoms with E-state index in [0.29, 0.717) is 0 Å². The van der Waals surface area contributed by atoms with Crippen LogP contribution in [0.2, 0.25) is 0 Å². The Labute approximate surface area is 127 Å². The number of fused-ring (bicyclic) bond motifs is 1. The van der Waals surface area contributed by atoms with Gasteiger partial charge in [0.05, 0.1) is 6.04 Å². The molecular formula is C17H17FN2S. The van der Waals surface area contributed by atoms with Gasteiger partial charge in [-0.25, -0.2) is 9.82 Å². The lowest BCUT2D eigenvalue weighted by molar-refractivity contribution is 0.629. The molecule has 1 atom stereocenters. The van der Waals surface area contributed by atoms with E-state index in [1.54, 1.807) is 17.4 Å². The summed E-state index contributed by atoms with van der Waals surface area (Å²) in [5.41, 5.74) is 5.28. The first-order valence-corrected chi connectivity index (χ1v) is 7.77. The van der Waals surface area contributed by atoms with E-state index in [1.165, 1.54) is 11.6 Å². The van der Waals surface area contributed by atoms with Crippen molar-refractivity contribution in [2.75, 3.05) is 0 Å². The van der Waals surface area contributed by atoms with Crippen LogP contribution in [0.1, 0.15) is 29.0 Å². The Morgan fingerprint density at radius 2 is 1.90 bits per heavy atom. The Bertz CT molecular complexity index is 749. The molecule has 0 saturated carbocycles. The number of aryl methyl sites for hydroxylation is 1. The standard InChI is InChI=1S/C17H17FN2S/c1-2-11-3-5-12(6-4-11)17(20-19)16-10-13-9-14(18)7-8-15(13)21-16/h3-10,17,20H,2,19H2,1H3. The van der Waals surface area contributed by atoms with Gasteiger partial charge in [0.25, 0.3) is 0 Å². The second kappa shape index (κ2) is 5.93. The van der Waals surface area contributed by atoms with Crippen molar-refractivity contribution in [3.05, 3.63) is 70.4 Å². The number of hydrogen-bond donors (Lipinski definition) is 2. The molecule has 108 valence electrons. The van der Waals surface area contributed by atoms with E-state index < -0.39 is 0 Å². The van der Waals surface area contributed by atoms with Crippen molar-refractivity contribution in [3.63, 3.8) is 0 Å². The third-order valence-corrected chi connectivity index (χ3v) is 4.85. The summed E-state index contributed by atoms with van der Waals surface area (Å²) in [6.45, 7) is 2.13. The van der Waals surface area contributed by atoms with E-state index in [-0.39, 0.29) is 11.9 Å². The maximum absolute atomic E-state index is 13.3. The summed E-state index contributed by atoms with van der Waals surface area (Å²) in [5, 5.41) is 0.917. The number of nitrogens with two attached hydrogens (primary N) is 1. The number of hydrazine groups is 1. The molecule has 0 aliphatic heterocycles. The molecular weight excluding hydrogens is 283 g/mol. The van der Waals surface area contributed by atoms with Crippen LogP contribution in [0.15, 0.2) is 48.5 Å². The van der Waals surface area contributed by atoms with Crippen LogP contribution < -0.4 is 11.3 Å². The molecule has 0 amide bonds. The van der Waals surface area contributed by atoms with Crippen molar-refractivity contribution in [2.45, 2.75) is 19.4 Å². The molecule has 1 heterocycles. The average Bonchev–Trinajstić information content (AvgIpc) is 2.91. The third-order valence-electron chi connectivity index (χ3n) is 3.67. The molecule has 0 aliphatic carbocycles. The lowest BCUT2D eigenvalue weighted by Gasteiger charge is -2.15. The van der Waals surface area contributed by atoms with Gasteiger partial charge in [-0.05, 0) is 47.2 Å². The monoisotopic (exact) mass is 300 g/mol. The highest BCUT2D eigenvalue weighted by atomic mass is 32.1. The second-order valence-electron chi connectivity index (χ2n) is 5.03. The van der Waals surface area contributed by atoms with E-state index >= 15 is 0 Å². The van der Waals surface area contributed by atoms with Gasteiger partial charge in [-0.3, -0.25) is 5.84 Å². The van der Waals surface area contributed by atoms with Crippen molar-refractivity contribution < 1.29 is 4.39 Å². The molecule has 3 N–H and O–H groups in total. The predicted molar refractivity (Wildman–Crippen MR) is 86.8 cm³/mol. The highest BCUT2D eigenvalue weighted by molar-refractivity contribution is 7.19. The van der Waals surface area contributed by atoms with Crippen molar-refractivity contribution >= 4 is 21.4 Å². The molecule has 3 aromatic rings. The Morgan fingerprint density at radius 1 is 1.14 bits per heavy atom. The lowest BCUT2D eigenvalue weighted by Crippen LogP contribution is -2.28. The molecule has 3 rings (SSSR count). The number of halogens is 1. The molecule has 0 spiro atoms. The number of benzene rings is 2. The van der Waals surface area contributed by atoms with Crippen molar-refractivity contribution in [2.24, 2.45) is 5.84 Å². The zero-order valence-electron chi connectivity index (χ0n) is 11.8. The molecule has 2 nitrogen and oxygen atoms in total. The Kier molecular flexibility index (Phi) is 4.01. The van der Waals surface area contributed by atoms with E-state index in [2.05, 4.69) is 36.6 Å². The summed E-state index contributed by atoms with van der Waals surface area (Å²) in [6.07, 6.45) is 1.02. The van der Waals surface area contributed by atoms with Gasteiger partial charge in [-0.2, -0.15) is 0 Å². The fraction of sp³-hybridized carbons (Fsp3) is 0.176. The first-order chi connectivity index (χ1) is 10.2. The smallest absolute Gasteiger partial charge is 0.123 e. The van der Waals surface area contributed by atoms with Gasteiger partial charge in [0.1, 0.15) is 5.82 Å². The normalized spacial score (nSPS) is 12.7. The van der Waals surface area contributed by atoms with E-state index in [0.717, 1.165) is 26.9 Å². The molecule has 2 aromatic carbocycles. The lowest BCUT2D eigenvalue weighted by atomic mass is 10.0. The molecule has 0 bridgehead atoms. The zero-order valence-corrected chi connectivity index (χ0v) is 12.6. The summed E-state index contributed by atoms with van der Waals surface area (Å²) < 4.78 is 14.4. The topological polar surface area (TPSA) is 38.0 Å². The molecule has 0 fully saturated rings. The number of thiophene rings is 1. The summed E-state index contributed by atoms with van der Waals surface area (Å²) in [6, 6.07) is 15.2. The Balaban J connectivity index is 2.00. The first kappa shape index (κ1) is 14.2. The minimum Gasteiger partial charge on any atom is -0.271 e. The van der Waals surface area contributed by atoms with E-state index in [9.17, 15) is 4.39 Å². The number of nitrogens with one attached hydrogen (secondary N) is 1. The molecule has 0 aliphatic rings. The quantitative estimate of drug-likeness (QED) is 0.561. The van der Waals surface area contributed by atoms with E-state index in [4.69, 9.17) is 5.84 Å². The Hall–Kier alpha value is -1.75. The van der Waals surface area contributed by atoms with Gasteiger partial charge >= 0.3 is 0 Å². The summed E-state index contributed by atoms with van der Waals surface area (Å²) in [5.74, 6) is 5.53. The molecule has 1 aromatic heterocycles. The van der Waals surface area contributed by atoms with Crippen LogP contribution in [0.4, 0.5) is 4.39 Å². The summed E-state index contributed by atoms with van der Waals surface area (Å²) in [7, 11) is 0. The average molecular weight is 300 g/mol. The summed E-state index contributed by atoms with van der Waals surface area (Å²) in [4.78, 5) is 1.09. The third kappa shape index (κ3) is 2.83. The van der Waals surface area contributed by atoms with Crippen LogP contribution in [0.3, 0.4) is 0 Å². The van der Waals surface area contributed by atoms with E-state index in [1.807, 2.05) is 12.1 Å². The molecule has 0 saturated heterocycles. The number of rotatable bonds is 4. The molecule has 1 unspecified atom stereocenters. The van der Waals surface area contributed by atoms with Crippen LogP contribution in [-0.2, 0) is 6.42 Å². The highest BCUT2D eigenvalue weighted by Gasteiger charge is 2.15. The van der Waals surface area contributed by atoms with Crippen LogP contribution in [0.5, 0.6) is 0 Å². The number of hydrogen-bond acceptors (Lipinski definition) is 3. The minimum atomic E-state index is -0.212. The van der Waals surface area contributed by atoms with Gasteiger partial charge in [0.15, 0.2) is 0 Å². The van der Waals surface area contributed by atoms with Gasteiger partial charge in [-0.15, -0.1) is 11.3 Å².